The molecule has 0 aliphatic heterocycles. The Balaban J connectivity index is 3.35. The smallest absolute Gasteiger partial charge is 0.310 e. The summed E-state index contributed by atoms with van der Waals surface area (Å²) in [4.78, 5) is 15.0. The highest BCUT2D eigenvalue weighted by Crippen LogP contribution is 2.27. The summed E-state index contributed by atoms with van der Waals surface area (Å²) in [5, 5.41) is 8.69. The van der Waals surface area contributed by atoms with E-state index in [4.69, 9.17) is 16.9 Å². The quantitative estimate of drug-likeness (QED) is 0.624. The van der Waals surface area contributed by atoms with E-state index in [9.17, 15) is 13.6 Å². The maximum Gasteiger partial charge on any atom is 0.310 e. The lowest BCUT2D eigenvalue weighted by Crippen LogP contribution is -2.12. The maximum atomic E-state index is 12.9. The number of ether oxygens (including phenoxy) is 1. The molecular weight excluding hydrogens is 266 g/mol. The van der Waals surface area contributed by atoms with E-state index in [1.807, 2.05) is 0 Å². The number of nitrogens with zero attached hydrogens (tertiary/aromatic N) is 2. The first kappa shape index (κ1) is 14.3. The van der Waals surface area contributed by atoms with Crippen molar-refractivity contribution >= 4 is 17.6 Å². The number of halogens is 3. The van der Waals surface area contributed by atoms with Crippen LogP contribution in [0, 0.1) is 11.3 Å². The van der Waals surface area contributed by atoms with Crippen LogP contribution in [0.25, 0.3) is 0 Å². The van der Waals surface area contributed by atoms with Gasteiger partial charge < -0.3 is 4.74 Å². The first-order valence-electron chi connectivity index (χ1n) is 4.87. The third kappa shape index (κ3) is 3.14. The summed E-state index contributed by atoms with van der Waals surface area (Å²) >= 11 is 5.60. The van der Waals surface area contributed by atoms with Crippen molar-refractivity contribution in [2.45, 2.75) is 18.7 Å². The van der Waals surface area contributed by atoms with E-state index in [0.29, 0.717) is 0 Å². The molecule has 1 rings (SSSR count). The van der Waals surface area contributed by atoms with Gasteiger partial charge in [-0.3, -0.25) is 4.79 Å². The minimum absolute atomic E-state index is 0.0193. The summed E-state index contributed by atoms with van der Waals surface area (Å²) in [6.07, 6.45) is -3.17. The highest BCUT2D eigenvalue weighted by atomic mass is 35.5. The number of pyridine rings is 1. The third-order valence-corrected chi connectivity index (χ3v) is 2.52. The molecule has 1 heterocycles. The van der Waals surface area contributed by atoms with Crippen molar-refractivity contribution in [3.8, 4) is 6.07 Å². The van der Waals surface area contributed by atoms with Crippen molar-refractivity contribution in [3.63, 3.8) is 0 Å². The average Bonchev–Trinajstić information content (AvgIpc) is 2.38. The summed E-state index contributed by atoms with van der Waals surface area (Å²) in [6, 6.07) is 2.63. The van der Waals surface area contributed by atoms with Crippen molar-refractivity contribution in [3.05, 3.63) is 28.6 Å². The Labute approximate surface area is 107 Å². The molecule has 0 atom stereocenters. The molecule has 1 aromatic rings. The van der Waals surface area contributed by atoms with E-state index in [0.717, 1.165) is 13.2 Å². The molecule has 0 fully saturated rings. The number of aromatic nitrogens is 1. The monoisotopic (exact) mass is 274 g/mol. The van der Waals surface area contributed by atoms with E-state index < -0.39 is 18.0 Å². The van der Waals surface area contributed by atoms with Crippen LogP contribution in [0.3, 0.4) is 0 Å². The SMILES string of the molecule is COC(=O)Cc1c(C(F)F)cc(C#N)nc1CCl. The predicted molar refractivity (Wildman–Crippen MR) is 59.2 cm³/mol. The molecule has 18 heavy (non-hydrogen) atoms. The number of esters is 1. The van der Waals surface area contributed by atoms with Crippen LogP contribution in [0.1, 0.15) is 28.9 Å². The Morgan fingerprint density at radius 2 is 2.33 bits per heavy atom. The topological polar surface area (TPSA) is 63.0 Å². The predicted octanol–water partition coefficient (Wildman–Crippen LogP) is 2.35. The lowest BCUT2D eigenvalue weighted by Gasteiger charge is -2.12. The number of rotatable bonds is 4. The number of alkyl halides is 3. The molecule has 0 radical (unpaired) electrons. The van der Waals surface area contributed by atoms with Crippen LogP contribution in [-0.4, -0.2) is 18.1 Å². The van der Waals surface area contributed by atoms with Gasteiger partial charge in [-0.2, -0.15) is 5.26 Å². The minimum atomic E-state index is -2.82. The molecule has 0 bridgehead atoms. The van der Waals surface area contributed by atoms with Gasteiger partial charge in [-0.1, -0.05) is 0 Å². The molecule has 0 spiro atoms. The molecule has 1 aromatic heterocycles. The highest BCUT2D eigenvalue weighted by Gasteiger charge is 2.21. The first-order chi connectivity index (χ1) is 8.53. The lowest BCUT2D eigenvalue weighted by molar-refractivity contribution is -0.139. The molecule has 0 amide bonds. The van der Waals surface area contributed by atoms with E-state index in [1.165, 1.54) is 0 Å². The number of carbonyl (C=O) groups excluding carboxylic acids is 1. The summed E-state index contributed by atoms with van der Waals surface area (Å²) in [7, 11) is 1.15. The molecule has 0 saturated heterocycles. The molecule has 0 aromatic carbocycles. The lowest BCUT2D eigenvalue weighted by atomic mass is 10.0. The van der Waals surface area contributed by atoms with Crippen molar-refractivity contribution in [1.29, 1.82) is 5.26 Å². The number of hydrogen-bond acceptors (Lipinski definition) is 4. The van der Waals surface area contributed by atoms with E-state index in [1.54, 1.807) is 6.07 Å². The van der Waals surface area contributed by atoms with Crippen LogP contribution in [-0.2, 0) is 21.8 Å². The molecule has 96 valence electrons. The molecule has 0 aliphatic carbocycles. The Bertz CT molecular complexity index is 501. The van der Waals surface area contributed by atoms with Gasteiger partial charge in [-0.05, 0) is 11.6 Å². The van der Waals surface area contributed by atoms with Gasteiger partial charge in [0.15, 0.2) is 0 Å². The van der Waals surface area contributed by atoms with Gasteiger partial charge in [0.05, 0.1) is 25.1 Å². The highest BCUT2D eigenvalue weighted by molar-refractivity contribution is 6.17. The van der Waals surface area contributed by atoms with Crippen molar-refractivity contribution in [1.82, 2.24) is 4.98 Å². The van der Waals surface area contributed by atoms with Gasteiger partial charge >= 0.3 is 5.97 Å². The Kier molecular flexibility index (Phi) is 4.98. The van der Waals surface area contributed by atoms with Crippen LogP contribution in [0.4, 0.5) is 8.78 Å². The largest absolute Gasteiger partial charge is 0.469 e. The molecule has 4 nitrogen and oxygen atoms in total. The van der Waals surface area contributed by atoms with Crippen LogP contribution in [0.15, 0.2) is 6.07 Å². The third-order valence-electron chi connectivity index (χ3n) is 2.27. The van der Waals surface area contributed by atoms with Crippen LogP contribution < -0.4 is 0 Å². The fourth-order valence-electron chi connectivity index (χ4n) is 1.43. The summed E-state index contributed by atoms with van der Waals surface area (Å²) in [5.74, 6) is -0.837. The second-order valence-electron chi connectivity index (χ2n) is 3.32. The van der Waals surface area contributed by atoms with Gasteiger partial charge in [0.1, 0.15) is 11.8 Å². The molecule has 7 heteroatoms. The Morgan fingerprint density at radius 1 is 1.67 bits per heavy atom. The zero-order chi connectivity index (χ0) is 13.7. The molecular formula is C11H9ClF2N2O2. The zero-order valence-electron chi connectivity index (χ0n) is 9.41. The standard InChI is InChI=1S/C11H9ClF2N2O2/c1-18-10(17)3-7-8(11(13)14)2-6(5-15)16-9(7)4-12/h2,11H,3-4H2,1H3. The first-order valence-corrected chi connectivity index (χ1v) is 5.40. The number of nitriles is 1. The fourth-order valence-corrected chi connectivity index (χ4v) is 1.65. The van der Waals surface area contributed by atoms with E-state index in [2.05, 4.69) is 9.72 Å². The number of hydrogen-bond donors (Lipinski definition) is 0. The summed E-state index contributed by atoms with van der Waals surface area (Å²) in [6.45, 7) is 0. The number of methoxy groups -OCH3 is 1. The van der Waals surface area contributed by atoms with Crippen molar-refractivity contribution in [2.24, 2.45) is 0 Å². The minimum Gasteiger partial charge on any atom is -0.469 e. The Morgan fingerprint density at radius 3 is 2.78 bits per heavy atom. The summed E-state index contributed by atoms with van der Waals surface area (Å²) < 4.78 is 30.2. The summed E-state index contributed by atoms with van der Waals surface area (Å²) in [5.41, 5.74) is -0.459. The maximum absolute atomic E-state index is 12.9. The van der Waals surface area contributed by atoms with Crippen molar-refractivity contribution < 1.29 is 18.3 Å². The zero-order valence-corrected chi connectivity index (χ0v) is 10.2. The molecule has 0 N–H and O–H groups in total. The average molecular weight is 275 g/mol. The van der Waals surface area contributed by atoms with Gasteiger partial charge in [-0.15, -0.1) is 11.6 Å². The van der Waals surface area contributed by atoms with Crippen LogP contribution >= 0.6 is 11.6 Å². The van der Waals surface area contributed by atoms with Gasteiger partial charge in [0.2, 0.25) is 0 Å². The van der Waals surface area contributed by atoms with E-state index in [-0.39, 0.29) is 29.3 Å². The van der Waals surface area contributed by atoms with E-state index >= 15 is 0 Å². The second-order valence-corrected chi connectivity index (χ2v) is 3.59. The Hall–Kier alpha value is -1.74. The second kappa shape index (κ2) is 6.26. The van der Waals surface area contributed by atoms with Gasteiger partial charge in [-0.25, -0.2) is 13.8 Å². The normalized spacial score (nSPS) is 10.2. The van der Waals surface area contributed by atoms with Crippen LogP contribution in [0.5, 0.6) is 0 Å². The molecule has 0 unspecified atom stereocenters. The van der Waals surface area contributed by atoms with Gasteiger partial charge in [0, 0.05) is 5.56 Å². The molecule has 0 aliphatic rings. The number of carbonyl (C=O) groups is 1. The van der Waals surface area contributed by atoms with Gasteiger partial charge in [0.25, 0.3) is 6.43 Å². The van der Waals surface area contributed by atoms with Crippen LogP contribution in [0.2, 0.25) is 0 Å². The fraction of sp³-hybridized carbons (Fsp3) is 0.364. The van der Waals surface area contributed by atoms with Crippen molar-refractivity contribution in [2.75, 3.05) is 7.11 Å². The molecule has 0 saturated carbocycles.